The Hall–Kier alpha value is -2.69. The van der Waals surface area contributed by atoms with Gasteiger partial charge in [-0.15, -0.1) is 0 Å². The zero-order chi connectivity index (χ0) is 14.4. The summed E-state index contributed by atoms with van der Waals surface area (Å²) < 4.78 is 17.9. The maximum absolute atomic E-state index is 12.9. The summed E-state index contributed by atoms with van der Waals surface area (Å²) in [5.74, 6) is -0.0273. The van der Waals surface area contributed by atoms with E-state index in [1.807, 2.05) is 0 Å². The average Bonchev–Trinajstić information content (AvgIpc) is 2.47. The summed E-state index contributed by atoms with van der Waals surface area (Å²) >= 11 is 0. The second kappa shape index (κ2) is 6.47. The standard InChI is InChI=1S/C15H13FN2O2/c1-20-14-7-5-12(6-8-14)15(19)18-17-10-11-3-2-4-13(16)9-11/h2-10H,1H3,(H,18,19)/b17-10+. The van der Waals surface area contributed by atoms with Crippen LogP contribution in [0.4, 0.5) is 4.39 Å². The molecule has 5 heteroatoms. The molecule has 0 aliphatic heterocycles. The van der Waals surface area contributed by atoms with E-state index in [4.69, 9.17) is 4.74 Å². The lowest BCUT2D eigenvalue weighted by atomic mass is 10.2. The number of rotatable bonds is 4. The minimum absolute atomic E-state index is 0.347. The molecular formula is C15H13FN2O2. The van der Waals surface area contributed by atoms with Gasteiger partial charge in [-0.1, -0.05) is 12.1 Å². The van der Waals surface area contributed by atoms with Gasteiger partial charge in [-0.05, 0) is 42.0 Å². The second-order valence-corrected chi connectivity index (χ2v) is 3.98. The molecule has 102 valence electrons. The molecule has 20 heavy (non-hydrogen) atoms. The lowest BCUT2D eigenvalue weighted by Gasteiger charge is -2.02. The number of nitrogens with zero attached hydrogens (tertiary/aromatic N) is 1. The first-order valence-electron chi connectivity index (χ1n) is 5.92. The van der Waals surface area contributed by atoms with E-state index in [-0.39, 0.29) is 11.7 Å². The molecule has 2 aromatic rings. The van der Waals surface area contributed by atoms with Crippen molar-refractivity contribution in [2.75, 3.05) is 7.11 Å². The third kappa shape index (κ3) is 3.65. The lowest BCUT2D eigenvalue weighted by Crippen LogP contribution is -2.17. The van der Waals surface area contributed by atoms with Crippen LogP contribution < -0.4 is 10.2 Å². The molecule has 0 saturated carbocycles. The van der Waals surface area contributed by atoms with Crippen molar-refractivity contribution < 1.29 is 13.9 Å². The van der Waals surface area contributed by atoms with Gasteiger partial charge in [0.05, 0.1) is 13.3 Å². The number of halogens is 1. The number of amides is 1. The Morgan fingerprint density at radius 2 is 2.00 bits per heavy atom. The van der Waals surface area contributed by atoms with Gasteiger partial charge in [-0.2, -0.15) is 5.10 Å². The van der Waals surface area contributed by atoms with E-state index in [1.165, 1.54) is 18.3 Å². The van der Waals surface area contributed by atoms with Gasteiger partial charge in [0.2, 0.25) is 0 Å². The third-order valence-electron chi connectivity index (χ3n) is 2.58. The Morgan fingerprint density at radius 1 is 1.25 bits per heavy atom. The molecule has 0 bridgehead atoms. The molecule has 0 fully saturated rings. The molecule has 0 atom stereocenters. The van der Waals surface area contributed by atoms with Crippen LogP contribution >= 0.6 is 0 Å². The highest BCUT2D eigenvalue weighted by atomic mass is 19.1. The number of ether oxygens (including phenoxy) is 1. The number of nitrogens with one attached hydrogen (secondary N) is 1. The average molecular weight is 272 g/mol. The molecule has 2 rings (SSSR count). The van der Waals surface area contributed by atoms with Gasteiger partial charge in [0.15, 0.2) is 0 Å². The van der Waals surface area contributed by atoms with Gasteiger partial charge in [0, 0.05) is 5.56 Å². The minimum atomic E-state index is -0.351. The number of methoxy groups -OCH3 is 1. The highest BCUT2D eigenvalue weighted by molar-refractivity contribution is 5.94. The van der Waals surface area contributed by atoms with Crippen LogP contribution in [0.3, 0.4) is 0 Å². The quantitative estimate of drug-likeness (QED) is 0.687. The summed E-state index contributed by atoms with van der Waals surface area (Å²) in [5, 5.41) is 3.78. The largest absolute Gasteiger partial charge is 0.497 e. The summed E-state index contributed by atoms with van der Waals surface area (Å²) in [6, 6.07) is 12.6. The molecule has 0 heterocycles. The molecular weight excluding hydrogens is 259 g/mol. The summed E-state index contributed by atoms with van der Waals surface area (Å²) in [4.78, 5) is 11.8. The number of carbonyl (C=O) groups excluding carboxylic acids is 1. The zero-order valence-corrected chi connectivity index (χ0v) is 10.8. The predicted octanol–water partition coefficient (Wildman–Crippen LogP) is 2.60. The SMILES string of the molecule is COc1ccc(C(=O)N/N=C/c2cccc(F)c2)cc1. The van der Waals surface area contributed by atoms with Crippen LogP contribution in [0.25, 0.3) is 0 Å². The van der Waals surface area contributed by atoms with Crippen LogP contribution in [0.15, 0.2) is 53.6 Å². The third-order valence-corrected chi connectivity index (χ3v) is 2.58. The molecule has 0 spiro atoms. The maximum Gasteiger partial charge on any atom is 0.271 e. The fourth-order valence-corrected chi connectivity index (χ4v) is 1.56. The maximum atomic E-state index is 12.9. The smallest absolute Gasteiger partial charge is 0.271 e. The van der Waals surface area contributed by atoms with E-state index in [0.717, 1.165) is 0 Å². The molecule has 0 saturated heterocycles. The van der Waals surface area contributed by atoms with Crippen LogP contribution in [0.1, 0.15) is 15.9 Å². The fraction of sp³-hybridized carbons (Fsp3) is 0.0667. The first-order chi connectivity index (χ1) is 9.69. The van der Waals surface area contributed by atoms with Crippen LogP contribution in [0.5, 0.6) is 5.75 Å². The topological polar surface area (TPSA) is 50.7 Å². The monoisotopic (exact) mass is 272 g/mol. The summed E-state index contributed by atoms with van der Waals surface area (Å²) in [6.07, 6.45) is 1.38. The Labute approximate surface area is 115 Å². The second-order valence-electron chi connectivity index (χ2n) is 3.98. The number of carbonyl (C=O) groups is 1. The van der Waals surface area contributed by atoms with E-state index >= 15 is 0 Å². The van der Waals surface area contributed by atoms with Crippen molar-refractivity contribution in [1.29, 1.82) is 0 Å². The molecule has 1 N–H and O–H groups in total. The van der Waals surface area contributed by atoms with Gasteiger partial charge >= 0.3 is 0 Å². The van der Waals surface area contributed by atoms with Crippen LogP contribution in [0.2, 0.25) is 0 Å². The molecule has 4 nitrogen and oxygen atoms in total. The first-order valence-corrected chi connectivity index (χ1v) is 5.92. The van der Waals surface area contributed by atoms with E-state index < -0.39 is 0 Å². The number of benzene rings is 2. The highest BCUT2D eigenvalue weighted by Crippen LogP contribution is 2.11. The molecule has 0 aliphatic carbocycles. The van der Waals surface area contributed by atoms with E-state index in [0.29, 0.717) is 16.9 Å². The number of hydrogen-bond acceptors (Lipinski definition) is 3. The molecule has 0 aliphatic rings. The highest BCUT2D eigenvalue weighted by Gasteiger charge is 2.03. The van der Waals surface area contributed by atoms with Crippen molar-refractivity contribution in [3.05, 3.63) is 65.5 Å². The van der Waals surface area contributed by atoms with Gasteiger partial charge in [0.25, 0.3) is 5.91 Å². The minimum Gasteiger partial charge on any atom is -0.497 e. The summed E-state index contributed by atoms with van der Waals surface area (Å²) in [7, 11) is 1.55. The Kier molecular flexibility index (Phi) is 4.44. The molecule has 1 amide bonds. The van der Waals surface area contributed by atoms with Gasteiger partial charge in [-0.25, -0.2) is 9.82 Å². The van der Waals surface area contributed by atoms with Gasteiger partial charge in [0.1, 0.15) is 11.6 Å². The van der Waals surface area contributed by atoms with Crippen molar-refractivity contribution in [3.8, 4) is 5.75 Å². The number of hydrogen-bond donors (Lipinski definition) is 1. The van der Waals surface area contributed by atoms with E-state index in [2.05, 4.69) is 10.5 Å². The van der Waals surface area contributed by atoms with E-state index in [1.54, 1.807) is 43.5 Å². The number of hydrazone groups is 1. The predicted molar refractivity (Wildman–Crippen MR) is 74.5 cm³/mol. The van der Waals surface area contributed by atoms with Crippen molar-refractivity contribution >= 4 is 12.1 Å². The van der Waals surface area contributed by atoms with Crippen molar-refractivity contribution in [3.63, 3.8) is 0 Å². The van der Waals surface area contributed by atoms with E-state index in [9.17, 15) is 9.18 Å². The van der Waals surface area contributed by atoms with Crippen LogP contribution in [-0.2, 0) is 0 Å². The molecule has 2 aromatic carbocycles. The first kappa shape index (κ1) is 13.7. The molecule has 0 radical (unpaired) electrons. The van der Waals surface area contributed by atoms with Gasteiger partial charge < -0.3 is 4.74 Å². The Morgan fingerprint density at radius 3 is 2.65 bits per heavy atom. The van der Waals surface area contributed by atoms with Crippen LogP contribution in [0, 0.1) is 5.82 Å². The summed E-state index contributed by atoms with van der Waals surface area (Å²) in [5.41, 5.74) is 3.40. The zero-order valence-electron chi connectivity index (χ0n) is 10.8. The Bertz CT molecular complexity index is 624. The molecule has 0 aromatic heterocycles. The fourth-order valence-electron chi connectivity index (χ4n) is 1.56. The van der Waals surface area contributed by atoms with Crippen LogP contribution in [-0.4, -0.2) is 19.2 Å². The normalized spacial score (nSPS) is 10.5. The van der Waals surface area contributed by atoms with Crippen molar-refractivity contribution in [1.82, 2.24) is 5.43 Å². The van der Waals surface area contributed by atoms with Crippen molar-refractivity contribution in [2.24, 2.45) is 5.10 Å². The van der Waals surface area contributed by atoms with Gasteiger partial charge in [-0.3, -0.25) is 4.79 Å². The summed E-state index contributed by atoms with van der Waals surface area (Å²) in [6.45, 7) is 0. The molecule has 0 unspecified atom stereocenters. The van der Waals surface area contributed by atoms with Crippen molar-refractivity contribution in [2.45, 2.75) is 0 Å². The lowest BCUT2D eigenvalue weighted by molar-refractivity contribution is 0.0955. The Balaban J connectivity index is 1.97.